The van der Waals surface area contributed by atoms with Crippen LogP contribution < -0.4 is 5.73 Å². The topological polar surface area (TPSA) is 43.8 Å². The van der Waals surface area contributed by atoms with Crippen molar-refractivity contribution < 1.29 is 4.39 Å². The Balaban J connectivity index is 2.54. The zero-order valence-electron chi connectivity index (χ0n) is 7.82. The quantitative estimate of drug-likeness (QED) is 0.851. The highest BCUT2D eigenvalue weighted by molar-refractivity contribution is 6.30. The van der Waals surface area contributed by atoms with E-state index < -0.39 is 5.82 Å². The fourth-order valence-corrected chi connectivity index (χ4v) is 1.51. The first kappa shape index (κ1) is 10.1. The summed E-state index contributed by atoms with van der Waals surface area (Å²) in [5, 5.41) is 4.36. The Bertz CT molecular complexity index is 481. The molecule has 0 aliphatic heterocycles. The molecule has 0 amide bonds. The van der Waals surface area contributed by atoms with E-state index in [2.05, 4.69) is 5.10 Å². The average molecular weight is 226 g/mol. The van der Waals surface area contributed by atoms with Crippen LogP contribution in [0.2, 0.25) is 5.02 Å². The first-order valence-corrected chi connectivity index (χ1v) is 4.78. The highest BCUT2D eigenvalue weighted by Gasteiger charge is 2.08. The largest absolute Gasteiger partial charge is 0.325 e. The lowest BCUT2D eigenvalue weighted by Gasteiger charge is -2.06. The molecule has 0 saturated carbocycles. The van der Waals surface area contributed by atoms with Crippen molar-refractivity contribution in [2.45, 2.75) is 6.54 Å². The SMILES string of the molecule is NCc1ccnn1-c1ccc(Cl)cc1F. The fraction of sp³-hybridized carbons (Fsp3) is 0.100. The van der Waals surface area contributed by atoms with Gasteiger partial charge in [-0.15, -0.1) is 0 Å². The Hall–Kier alpha value is -1.39. The summed E-state index contributed by atoms with van der Waals surface area (Å²) in [7, 11) is 0. The third kappa shape index (κ3) is 1.86. The summed E-state index contributed by atoms with van der Waals surface area (Å²) in [4.78, 5) is 0. The second kappa shape index (κ2) is 4.00. The lowest BCUT2D eigenvalue weighted by molar-refractivity contribution is 0.606. The summed E-state index contributed by atoms with van der Waals surface area (Å²) in [5.41, 5.74) is 6.60. The van der Waals surface area contributed by atoms with Gasteiger partial charge in [0.1, 0.15) is 11.5 Å². The molecular formula is C10H9ClFN3. The van der Waals surface area contributed by atoms with E-state index in [1.165, 1.54) is 10.7 Å². The average Bonchev–Trinajstić information content (AvgIpc) is 2.65. The molecule has 1 heterocycles. The van der Waals surface area contributed by atoms with Gasteiger partial charge in [0.25, 0.3) is 0 Å². The zero-order chi connectivity index (χ0) is 10.8. The van der Waals surface area contributed by atoms with Crippen molar-refractivity contribution >= 4 is 11.6 Å². The molecule has 2 aromatic rings. The van der Waals surface area contributed by atoms with Crippen LogP contribution in [-0.2, 0) is 6.54 Å². The molecule has 0 aliphatic carbocycles. The highest BCUT2D eigenvalue weighted by Crippen LogP contribution is 2.18. The van der Waals surface area contributed by atoms with Crippen LogP contribution >= 0.6 is 11.6 Å². The van der Waals surface area contributed by atoms with Crippen LogP contribution in [0.5, 0.6) is 0 Å². The third-order valence-corrected chi connectivity index (χ3v) is 2.30. The monoisotopic (exact) mass is 225 g/mol. The second-order valence-corrected chi connectivity index (χ2v) is 3.47. The molecule has 5 heteroatoms. The molecule has 3 nitrogen and oxygen atoms in total. The van der Waals surface area contributed by atoms with Gasteiger partial charge in [-0.3, -0.25) is 0 Å². The van der Waals surface area contributed by atoms with Crippen LogP contribution in [-0.4, -0.2) is 9.78 Å². The van der Waals surface area contributed by atoms with E-state index in [4.69, 9.17) is 17.3 Å². The number of benzene rings is 1. The van der Waals surface area contributed by atoms with Gasteiger partial charge >= 0.3 is 0 Å². The maximum atomic E-state index is 13.5. The Labute approximate surface area is 91.3 Å². The minimum atomic E-state index is -0.416. The molecule has 2 N–H and O–H groups in total. The maximum absolute atomic E-state index is 13.5. The Morgan fingerprint density at radius 1 is 1.40 bits per heavy atom. The van der Waals surface area contributed by atoms with Crippen LogP contribution in [0, 0.1) is 5.82 Å². The van der Waals surface area contributed by atoms with Crippen LogP contribution in [0.3, 0.4) is 0 Å². The van der Waals surface area contributed by atoms with Crippen molar-refractivity contribution in [3.8, 4) is 5.69 Å². The van der Waals surface area contributed by atoms with E-state index in [0.717, 1.165) is 5.69 Å². The first-order chi connectivity index (χ1) is 7.22. The lowest BCUT2D eigenvalue weighted by Crippen LogP contribution is -2.08. The van der Waals surface area contributed by atoms with Crippen molar-refractivity contribution in [3.63, 3.8) is 0 Å². The molecule has 2 rings (SSSR count). The molecule has 0 spiro atoms. The number of nitrogens with two attached hydrogens (primary N) is 1. The summed E-state index contributed by atoms with van der Waals surface area (Å²) in [5.74, 6) is -0.416. The second-order valence-electron chi connectivity index (χ2n) is 3.03. The van der Waals surface area contributed by atoms with E-state index in [1.807, 2.05) is 0 Å². The van der Waals surface area contributed by atoms with Gasteiger partial charge in [-0.25, -0.2) is 9.07 Å². The molecule has 78 valence electrons. The number of rotatable bonds is 2. The molecule has 0 fully saturated rings. The molecule has 1 aromatic heterocycles. The third-order valence-electron chi connectivity index (χ3n) is 2.07. The van der Waals surface area contributed by atoms with Crippen LogP contribution in [0.15, 0.2) is 30.5 Å². The maximum Gasteiger partial charge on any atom is 0.150 e. The van der Waals surface area contributed by atoms with E-state index in [9.17, 15) is 4.39 Å². The lowest BCUT2D eigenvalue weighted by atomic mass is 10.3. The molecule has 0 unspecified atom stereocenters. The molecule has 0 radical (unpaired) electrons. The molecule has 0 saturated heterocycles. The predicted octanol–water partition coefficient (Wildman–Crippen LogP) is 2.12. The van der Waals surface area contributed by atoms with Gasteiger partial charge in [-0.2, -0.15) is 5.10 Å². The van der Waals surface area contributed by atoms with Gasteiger partial charge in [0.15, 0.2) is 0 Å². The Kier molecular flexibility index (Phi) is 2.70. The molecule has 15 heavy (non-hydrogen) atoms. The van der Waals surface area contributed by atoms with Crippen molar-refractivity contribution in [1.29, 1.82) is 0 Å². The summed E-state index contributed by atoms with van der Waals surface area (Å²) in [6, 6.07) is 6.18. The summed E-state index contributed by atoms with van der Waals surface area (Å²) >= 11 is 5.66. The number of nitrogens with zero attached hydrogens (tertiary/aromatic N) is 2. The molecule has 0 bridgehead atoms. The van der Waals surface area contributed by atoms with Crippen LogP contribution in [0.4, 0.5) is 4.39 Å². The number of halogens is 2. The van der Waals surface area contributed by atoms with E-state index >= 15 is 0 Å². The minimum Gasteiger partial charge on any atom is -0.325 e. The Morgan fingerprint density at radius 3 is 2.87 bits per heavy atom. The van der Waals surface area contributed by atoms with Crippen LogP contribution in [0.1, 0.15) is 5.69 Å². The molecular weight excluding hydrogens is 217 g/mol. The van der Waals surface area contributed by atoms with Crippen molar-refractivity contribution in [2.24, 2.45) is 5.73 Å². The highest BCUT2D eigenvalue weighted by atomic mass is 35.5. The van der Waals surface area contributed by atoms with Crippen molar-refractivity contribution in [2.75, 3.05) is 0 Å². The zero-order valence-corrected chi connectivity index (χ0v) is 8.58. The van der Waals surface area contributed by atoms with Gasteiger partial charge in [0.05, 0.1) is 5.69 Å². The normalized spacial score (nSPS) is 10.6. The Morgan fingerprint density at radius 2 is 2.20 bits per heavy atom. The molecule has 0 aliphatic rings. The first-order valence-electron chi connectivity index (χ1n) is 4.41. The van der Waals surface area contributed by atoms with Gasteiger partial charge in [-0.05, 0) is 24.3 Å². The molecule has 1 aromatic carbocycles. The van der Waals surface area contributed by atoms with Crippen molar-refractivity contribution in [3.05, 3.63) is 47.0 Å². The number of aromatic nitrogens is 2. The predicted molar refractivity (Wildman–Crippen MR) is 56.4 cm³/mol. The van der Waals surface area contributed by atoms with Crippen LogP contribution in [0.25, 0.3) is 5.69 Å². The van der Waals surface area contributed by atoms with E-state index in [0.29, 0.717) is 17.3 Å². The van der Waals surface area contributed by atoms with E-state index in [-0.39, 0.29) is 0 Å². The van der Waals surface area contributed by atoms with Gasteiger partial charge in [0, 0.05) is 17.8 Å². The summed E-state index contributed by atoms with van der Waals surface area (Å²) in [6.45, 7) is 0.308. The molecule has 0 atom stereocenters. The number of hydrogen-bond donors (Lipinski definition) is 1. The van der Waals surface area contributed by atoms with Crippen molar-refractivity contribution in [1.82, 2.24) is 9.78 Å². The fourth-order valence-electron chi connectivity index (χ4n) is 1.36. The standard InChI is InChI=1S/C10H9ClFN3/c11-7-1-2-10(9(12)5-7)15-8(6-13)3-4-14-15/h1-5H,6,13H2. The smallest absolute Gasteiger partial charge is 0.150 e. The summed E-state index contributed by atoms with van der Waals surface area (Å²) < 4.78 is 15.0. The van der Waals surface area contributed by atoms with Gasteiger partial charge in [-0.1, -0.05) is 11.6 Å². The summed E-state index contributed by atoms with van der Waals surface area (Å²) in [6.07, 6.45) is 1.58. The number of hydrogen-bond acceptors (Lipinski definition) is 2. The van der Waals surface area contributed by atoms with Gasteiger partial charge < -0.3 is 5.73 Å². The van der Waals surface area contributed by atoms with Gasteiger partial charge in [0.2, 0.25) is 0 Å². The van der Waals surface area contributed by atoms with E-state index in [1.54, 1.807) is 24.4 Å². The minimum absolute atomic E-state index is 0.308.